The van der Waals surface area contributed by atoms with E-state index in [0.29, 0.717) is 24.5 Å². The highest BCUT2D eigenvalue weighted by Gasteiger charge is 2.21. The average Bonchev–Trinajstić information content (AvgIpc) is 2.32. The van der Waals surface area contributed by atoms with Crippen LogP contribution in [0.1, 0.15) is 37.0 Å². The Morgan fingerprint density at radius 3 is 2.41 bits per heavy atom. The molecule has 1 rings (SSSR count). The highest BCUT2D eigenvalue weighted by atomic mass is 35.5. The molecule has 0 fully saturated rings. The van der Waals surface area contributed by atoms with Gasteiger partial charge in [-0.1, -0.05) is 0 Å². The van der Waals surface area contributed by atoms with Crippen molar-refractivity contribution < 1.29 is 14.6 Å². The van der Waals surface area contributed by atoms with Crippen molar-refractivity contribution in [2.24, 2.45) is 0 Å². The summed E-state index contributed by atoms with van der Waals surface area (Å²) in [6, 6.07) is 0. The number of ether oxygens (including phenoxy) is 2. The first kappa shape index (κ1) is 14.2. The molecule has 96 valence electrons. The van der Waals surface area contributed by atoms with Crippen LogP contribution in [-0.4, -0.2) is 23.3 Å². The van der Waals surface area contributed by atoms with E-state index in [1.54, 1.807) is 13.1 Å². The maximum atomic E-state index is 10.1. The lowest BCUT2D eigenvalue weighted by molar-refractivity contribution is -0.141. The molecule has 0 radical (unpaired) electrons. The van der Waals surface area contributed by atoms with Crippen LogP contribution in [0.15, 0.2) is 6.20 Å². The Hall–Kier alpha value is -0.840. The first-order chi connectivity index (χ1) is 8.15. The van der Waals surface area contributed by atoms with Gasteiger partial charge >= 0.3 is 0 Å². The van der Waals surface area contributed by atoms with Gasteiger partial charge in [0, 0.05) is 25.3 Å². The Kier molecular flexibility index (Phi) is 5.68. The minimum Gasteiger partial charge on any atom is -0.506 e. The molecule has 0 unspecified atom stereocenters. The molecule has 4 nitrogen and oxygen atoms in total. The van der Waals surface area contributed by atoms with E-state index < -0.39 is 6.29 Å². The summed E-state index contributed by atoms with van der Waals surface area (Å²) in [5.41, 5.74) is 1.84. The summed E-state index contributed by atoms with van der Waals surface area (Å²) in [6.07, 6.45) is 1.04. The van der Waals surface area contributed by atoms with Gasteiger partial charge in [0.15, 0.2) is 6.29 Å². The molecular weight excluding hydrogens is 242 g/mol. The van der Waals surface area contributed by atoms with Crippen molar-refractivity contribution in [3.8, 4) is 5.75 Å². The molecule has 17 heavy (non-hydrogen) atoms. The van der Waals surface area contributed by atoms with E-state index in [-0.39, 0.29) is 11.6 Å². The summed E-state index contributed by atoms with van der Waals surface area (Å²) in [5.74, 6) is 0.349. The van der Waals surface area contributed by atoms with Crippen molar-refractivity contribution in [1.29, 1.82) is 0 Å². The van der Waals surface area contributed by atoms with Gasteiger partial charge in [0.2, 0.25) is 0 Å². The van der Waals surface area contributed by atoms with Crippen LogP contribution < -0.4 is 0 Å². The van der Waals surface area contributed by atoms with Gasteiger partial charge in [-0.2, -0.15) is 0 Å². The highest BCUT2D eigenvalue weighted by Crippen LogP contribution is 2.33. The Morgan fingerprint density at radius 2 is 1.94 bits per heavy atom. The second-order valence-corrected chi connectivity index (χ2v) is 3.77. The first-order valence-electron chi connectivity index (χ1n) is 5.62. The number of hydrogen-bond donors (Lipinski definition) is 1. The van der Waals surface area contributed by atoms with Gasteiger partial charge in [0.1, 0.15) is 5.75 Å². The molecule has 0 atom stereocenters. The number of aryl methyl sites for hydroxylation is 1. The smallest absolute Gasteiger partial charge is 0.187 e. The Morgan fingerprint density at radius 1 is 1.35 bits per heavy atom. The fraction of sp³-hybridized carbons (Fsp3) is 0.583. The molecular formula is C12H18ClNO3. The first-order valence-corrected chi connectivity index (χ1v) is 6.15. The molecule has 0 bridgehead atoms. The number of nitrogens with zero attached hydrogens (tertiary/aromatic N) is 1. The van der Waals surface area contributed by atoms with E-state index in [9.17, 15) is 5.11 Å². The minimum atomic E-state index is -0.597. The number of aromatic nitrogens is 1. The minimum absolute atomic E-state index is 0.0926. The number of halogens is 1. The molecule has 0 aliphatic carbocycles. The molecule has 0 saturated carbocycles. The van der Waals surface area contributed by atoms with E-state index in [0.717, 1.165) is 5.56 Å². The van der Waals surface area contributed by atoms with Gasteiger partial charge in [-0.15, -0.1) is 11.6 Å². The van der Waals surface area contributed by atoms with E-state index in [4.69, 9.17) is 21.1 Å². The van der Waals surface area contributed by atoms with Crippen molar-refractivity contribution >= 4 is 11.6 Å². The fourth-order valence-electron chi connectivity index (χ4n) is 1.54. The second-order valence-electron chi connectivity index (χ2n) is 3.51. The third kappa shape index (κ3) is 3.31. The third-order valence-electron chi connectivity index (χ3n) is 2.37. The van der Waals surface area contributed by atoms with Crippen molar-refractivity contribution in [2.75, 3.05) is 13.2 Å². The molecule has 1 heterocycles. The van der Waals surface area contributed by atoms with Crippen molar-refractivity contribution in [3.63, 3.8) is 0 Å². The lowest BCUT2D eigenvalue weighted by Gasteiger charge is -2.21. The summed E-state index contributed by atoms with van der Waals surface area (Å²) in [5, 5.41) is 10.1. The molecule has 0 amide bonds. The van der Waals surface area contributed by atoms with Crippen LogP contribution in [0.3, 0.4) is 0 Å². The standard InChI is InChI=1S/C12H18ClNO3/c1-4-16-12(17-5-2)10-9(6-13)7-14-8(3)11(10)15/h7,12,15H,4-6H2,1-3H3. The van der Waals surface area contributed by atoms with Gasteiger partial charge in [-0.3, -0.25) is 4.98 Å². The molecule has 0 spiro atoms. The van der Waals surface area contributed by atoms with Gasteiger partial charge < -0.3 is 14.6 Å². The van der Waals surface area contributed by atoms with Gasteiger partial charge in [-0.25, -0.2) is 0 Å². The maximum absolute atomic E-state index is 10.1. The normalized spacial score (nSPS) is 11.1. The molecule has 0 aromatic carbocycles. The van der Waals surface area contributed by atoms with Crippen LogP contribution in [0, 0.1) is 6.92 Å². The number of rotatable bonds is 6. The number of hydrogen-bond acceptors (Lipinski definition) is 4. The van der Waals surface area contributed by atoms with Crippen molar-refractivity contribution in [3.05, 3.63) is 23.0 Å². The SMILES string of the molecule is CCOC(OCC)c1c(CCl)cnc(C)c1O. The van der Waals surface area contributed by atoms with Crippen LogP contribution in [0.5, 0.6) is 5.75 Å². The van der Waals surface area contributed by atoms with Gasteiger partial charge in [0.25, 0.3) is 0 Å². The van der Waals surface area contributed by atoms with Crippen LogP contribution in [0.2, 0.25) is 0 Å². The van der Waals surface area contributed by atoms with Crippen LogP contribution >= 0.6 is 11.6 Å². The Labute approximate surface area is 107 Å². The monoisotopic (exact) mass is 259 g/mol. The van der Waals surface area contributed by atoms with Crippen molar-refractivity contribution in [2.45, 2.75) is 32.9 Å². The van der Waals surface area contributed by atoms with E-state index in [1.165, 1.54) is 0 Å². The van der Waals surface area contributed by atoms with Crippen LogP contribution in [-0.2, 0) is 15.4 Å². The molecule has 1 aromatic rings. The lowest BCUT2D eigenvalue weighted by atomic mass is 10.1. The zero-order valence-electron chi connectivity index (χ0n) is 10.4. The Bertz CT molecular complexity index is 365. The maximum Gasteiger partial charge on any atom is 0.187 e. The summed E-state index contributed by atoms with van der Waals surface area (Å²) in [7, 11) is 0. The predicted octanol–water partition coefficient (Wildman–Crippen LogP) is 2.91. The highest BCUT2D eigenvalue weighted by molar-refractivity contribution is 6.17. The predicted molar refractivity (Wildman–Crippen MR) is 66.2 cm³/mol. The molecule has 0 saturated heterocycles. The summed E-state index contributed by atoms with van der Waals surface area (Å²) in [4.78, 5) is 4.07. The van der Waals surface area contributed by atoms with Crippen LogP contribution in [0.4, 0.5) is 0 Å². The largest absolute Gasteiger partial charge is 0.506 e. The van der Waals surface area contributed by atoms with Gasteiger partial charge in [0.05, 0.1) is 11.3 Å². The lowest BCUT2D eigenvalue weighted by Crippen LogP contribution is -2.12. The van der Waals surface area contributed by atoms with Crippen molar-refractivity contribution in [1.82, 2.24) is 4.98 Å². The second kappa shape index (κ2) is 6.79. The molecule has 1 aromatic heterocycles. The number of alkyl halides is 1. The zero-order chi connectivity index (χ0) is 12.8. The summed E-state index contributed by atoms with van der Waals surface area (Å²) in [6.45, 7) is 6.46. The molecule has 1 N–H and O–H groups in total. The Balaban J connectivity index is 3.18. The third-order valence-corrected chi connectivity index (χ3v) is 2.66. The fourth-order valence-corrected chi connectivity index (χ4v) is 1.75. The zero-order valence-corrected chi connectivity index (χ0v) is 11.1. The molecule has 5 heteroatoms. The number of pyridine rings is 1. The molecule has 0 aliphatic heterocycles. The average molecular weight is 260 g/mol. The van der Waals surface area contributed by atoms with Gasteiger partial charge in [-0.05, 0) is 26.3 Å². The molecule has 0 aliphatic rings. The number of aromatic hydroxyl groups is 1. The van der Waals surface area contributed by atoms with E-state index in [1.807, 2.05) is 13.8 Å². The summed E-state index contributed by atoms with van der Waals surface area (Å²) < 4.78 is 11.0. The van der Waals surface area contributed by atoms with E-state index >= 15 is 0 Å². The van der Waals surface area contributed by atoms with Crippen LogP contribution in [0.25, 0.3) is 0 Å². The topological polar surface area (TPSA) is 51.6 Å². The van der Waals surface area contributed by atoms with E-state index in [2.05, 4.69) is 4.98 Å². The quantitative estimate of drug-likeness (QED) is 0.630. The summed E-state index contributed by atoms with van der Waals surface area (Å²) >= 11 is 5.84.